The molecule has 1 amide bonds. The Labute approximate surface area is 138 Å². The lowest BCUT2D eigenvalue weighted by Gasteiger charge is -2.31. The van der Waals surface area contributed by atoms with Gasteiger partial charge in [0.25, 0.3) is 0 Å². The summed E-state index contributed by atoms with van der Waals surface area (Å²) in [5.74, 6) is -0.287. The second-order valence-corrected chi connectivity index (χ2v) is 6.48. The van der Waals surface area contributed by atoms with Gasteiger partial charge in [-0.1, -0.05) is 15.9 Å². The summed E-state index contributed by atoms with van der Waals surface area (Å²) in [5.41, 5.74) is 6.63. The Morgan fingerprint density at radius 2 is 2.18 bits per heavy atom. The quantitative estimate of drug-likeness (QED) is 0.864. The monoisotopic (exact) mass is 372 g/mol. The van der Waals surface area contributed by atoms with E-state index in [2.05, 4.69) is 15.9 Å². The second kappa shape index (κ2) is 8.04. The van der Waals surface area contributed by atoms with Crippen LogP contribution >= 0.6 is 15.9 Å². The first-order chi connectivity index (χ1) is 10.5. The van der Waals surface area contributed by atoms with E-state index < -0.39 is 6.04 Å². The summed E-state index contributed by atoms with van der Waals surface area (Å²) in [6, 6.07) is 4.20. The smallest absolute Gasteiger partial charge is 0.240 e. The van der Waals surface area contributed by atoms with Crippen molar-refractivity contribution in [2.45, 2.75) is 32.4 Å². The lowest BCUT2D eigenvalue weighted by molar-refractivity contribution is -0.135. The zero-order valence-corrected chi connectivity index (χ0v) is 14.3. The Morgan fingerprint density at radius 3 is 2.82 bits per heavy atom. The fraction of sp³-hybridized carbons (Fsp3) is 0.562. The molecule has 1 aliphatic heterocycles. The Balaban J connectivity index is 2.06. The minimum Gasteiger partial charge on any atom is -0.381 e. The van der Waals surface area contributed by atoms with Gasteiger partial charge >= 0.3 is 0 Å². The molecule has 2 N–H and O–H groups in total. The third kappa shape index (κ3) is 4.27. The van der Waals surface area contributed by atoms with Crippen molar-refractivity contribution in [2.75, 3.05) is 19.8 Å². The molecule has 1 aliphatic rings. The van der Waals surface area contributed by atoms with Gasteiger partial charge in [-0.25, -0.2) is 4.39 Å². The summed E-state index contributed by atoms with van der Waals surface area (Å²) >= 11 is 3.33. The summed E-state index contributed by atoms with van der Waals surface area (Å²) in [6.45, 7) is 3.92. The number of hydrogen-bond acceptors (Lipinski definition) is 3. The molecule has 1 atom stereocenters. The average Bonchev–Trinajstić information content (AvgIpc) is 2.55. The lowest BCUT2D eigenvalue weighted by Crippen LogP contribution is -2.48. The molecule has 0 bridgehead atoms. The van der Waals surface area contributed by atoms with E-state index in [1.54, 1.807) is 17.0 Å². The van der Waals surface area contributed by atoms with E-state index in [1.807, 2.05) is 6.92 Å². The zero-order chi connectivity index (χ0) is 16.1. The van der Waals surface area contributed by atoms with Crippen LogP contribution in [0.5, 0.6) is 0 Å². The van der Waals surface area contributed by atoms with Gasteiger partial charge in [-0.05, 0) is 43.9 Å². The lowest BCUT2D eigenvalue weighted by atomic mass is 9.91. The summed E-state index contributed by atoms with van der Waals surface area (Å²) < 4.78 is 20.0. The first kappa shape index (κ1) is 17.4. The largest absolute Gasteiger partial charge is 0.381 e. The zero-order valence-electron chi connectivity index (χ0n) is 12.7. The molecule has 0 radical (unpaired) electrons. The van der Waals surface area contributed by atoms with Crippen molar-refractivity contribution in [3.05, 3.63) is 34.1 Å². The maximum Gasteiger partial charge on any atom is 0.240 e. The third-order valence-electron chi connectivity index (χ3n) is 4.12. The summed E-state index contributed by atoms with van der Waals surface area (Å²) in [7, 11) is 0. The molecule has 1 aromatic carbocycles. The Hall–Kier alpha value is -0.980. The van der Waals surface area contributed by atoms with E-state index in [4.69, 9.17) is 10.5 Å². The third-order valence-corrected chi connectivity index (χ3v) is 4.61. The molecule has 4 nitrogen and oxygen atoms in total. The van der Waals surface area contributed by atoms with E-state index in [1.165, 1.54) is 6.07 Å². The molecule has 0 aromatic heterocycles. The molecule has 6 heteroatoms. The van der Waals surface area contributed by atoms with Gasteiger partial charge in [0.1, 0.15) is 5.82 Å². The molecular weight excluding hydrogens is 351 g/mol. The summed E-state index contributed by atoms with van der Waals surface area (Å²) in [4.78, 5) is 14.2. The number of likely N-dealkylation sites (N-methyl/N-ethyl adjacent to an activating group) is 1. The van der Waals surface area contributed by atoms with E-state index >= 15 is 0 Å². The Kier molecular flexibility index (Phi) is 6.35. The number of halogens is 2. The summed E-state index contributed by atoms with van der Waals surface area (Å²) in [6.07, 6.45) is 1.60. The first-order valence-electron chi connectivity index (χ1n) is 7.59. The van der Waals surface area contributed by atoms with E-state index in [-0.39, 0.29) is 24.2 Å². The Bertz CT molecular complexity index is 521. The van der Waals surface area contributed by atoms with Gasteiger partial charge < -0.3 is 15.4 Å². The van der Waals surface area contributed by atoms with Gasteiger partial charge in [0.15, 0.2) is 0 Å². The summed E-state index contributed by atoms with van der Waals surface area (Å²) in [5, 5.41) is 0. The van der Waals surface area contributed by atoms with Gasteiger partial charge in [0.05, 0.1) is 6.04 Å². The Morgan fingerprint density at radius 1 is 1.50 bits per heavy atom. The highest BCUT2D eigenvalue weighted by Gasteiger charge is 2.29. The minimum atomic E-state index is -0.543. The molecule has 0 aliphatic carbocycles. The van der Waals surface area contributed by atoms with Crippen LogP contribution in [0.15, 0.2) is 22.7 Å². The number of ether oxygens (including phenoxy) is 1. The molecule has 1 unspecified atom stereocenters. The number of benzene rings is 1. The van der Waals surface area contributed by atoms with E-state index in [0.717, 1.165) is 17.3 Å². The number of amides is 1. The molecule has 0 saturated carbocycles. The van der Waals surface area contributed by atoms with Crippen LogP contribution in [0.25, 0.3) is 0 Å². The normalized spacial score (nSPS) is 17.3. The molecule has 122 valence electrons. The SMILES string of the molecule is CCN(Cc1cc(Br)ccc1F)C(=O)C(N)C1CCOCC1. The van der Waals surface area contributed by atoms with Crippen LogP contribution in [0, 0.1) is 11.7 Å². The molecule has 1 fully saturated rings. The van der Waals surface area contributed by atoms with Crippen LogP contribution in [0.4, 0.5) is 4.39 Å². The number of nitrogens with two attached hydrogens (primary N) is 1. The minimum absolute atomic E-state index is 0.117. The van der Waals surface area contributed by atoms with Crippen LogP contribution in [-0.2, 0) is 16.1 Å². The molecule has 1 heterocycles. The number of nitrogens with zero attached hydrogens (tertiary/aromatic N) is 1. The van der Waals surface area contributed by atoms with Crippen molar-refractivity contribution in [1.29, 1.82) is 0 Å². The van der Waals surface area contributed by atoms with Crippen LogP contribution < -0.4 is 5.73 Å². The van der Waals surface area contributed by atoms with Crippen LogP contribution in [-0.4, -0.2) is 36.6 Å². The van der Waals surface area contributed by atoms with Crippen molar-refractivity contribution in [2.24, 2.45) is 11.7 Å². The van der Waals surface area contributed by atoms with Gasteiger partial charge in [0, 0.05) is 36.3 Å². The molecule has 0 spiro atoms. The molecule has 2 rings (SSSR count). The standard InChI is InChI=1S/C16H22BrFN2O2/c1-2-20(10-12-9-13(17)3-4-14(12)18)16(21)15(19)11-5-7-22-8-6-11/h3-4,9,11,15H,2,5-8,10,19H2,1H3. The van der Waals surface area contributed by atoms with Crippen LogP contribution in [0.3, 0.4) is 0 Å². The van der Waals surface area contributed by atoms with Crippen molar-refractivity contribution in [3.63, 3.8) is 0 Å². The van der Waals surface area contributed by atoms with Gasteiger partial charge in [-0.2, -0.15) is 0 Å². The van der Waals surface area contributed by atoms with Gasteiger partial charge in [-0.3, -0.25) is 4.79 Å². The highest BCUT2D eigenvalue weighted by Crippen LogP contribution is 2.21. The number of rotatable bonds is 5. The topological polar surface area (TPSA) is 55.6 Å². The van der Waals surface area contributed by atoms with Gasteiger partial charge in [0.2, 0.25) is 5.91 Å². The van der Waals surface area contributed by atoms with E-state index in [9.17, 15) is 9.18 Å². The van der Waals surface area contributed by atoms with Crippen molar-refractivity contribution in [1.82, 2.24) is 4.90 Å². The van der Waals surface area contributed by atoms with Crippen LogP contribution in [0.1, 0.15) is 25.3 Å². The predicted octanol–water partition coefficient (Wildman–Crippen LogP) is 2.69. The van der Waals surface area contributed by atoms with Crippen molar-refractivity contribution < 1.29 is 13.9 Å². The fourth-order valence-electron chi connectivity index (χ4n) is 2.70. The number of carbonyl (C=O) groups is 1. The molecule has 22 heavy (non-hydrogen) atoms. The molecule has 1 saturated heterocycles. The highest BCUT2D eigenvalue weighted by atomic mass is 79.9. The highest BCUT2D eigenvalue weighted by molar-refractivity contribution is 9.10. The maximum atomic E-state index is 13.9. The average molecular weight is 373 g/mol. The number of carbonyl (C=O) groups excluding carboxylic acids is 1. The van der Waals surface area contributed by atoms with Crippen molar-refractivity contribution >= 4 is 21.8 Å². The van der Waals surface area contributed by atoms with Gasteiger partial charge in [-0.15, -0.1) is 0 Å². The van der Waals surface area contributed by atoms with Crippen LogP contribution in [0.2, 0.25) is 0 Å². The van der Waals surface area contributed by atoms with Crippen molar-refractivity contribution in [3.8, 4) is 0 Å². The second-order valence-electron chi connectivity index (χ2n) is 5.56. The first-order valence-corrected chi connectivity index (χ1v) is 8.38. The van der Waals surface area contributed by atoms with E-state index in [0.29, 0.717) is 25.3 Å². The predicted molar refractivity (Wildman–Crippen MR) is 86.7 cm³/mol. The number of hydrogen-bond donors (Lipinski definition) is 1. The fourth-order valence-corrected chi connectivity index (χ4v) is 3.11. The molecular formula is C16H22BrFN2O2. The maximum absolute atomic E-state index is 13.9. The molecule has 1 aromatic rings.